The van der Waals surface area contributed by atoms with Gasteiger partial charge in [0.25, 0.3) is 5.91 Å². The van der Waals surface area contributed by atoms with E-state index in [0.29, 0.717) is 16.3 Å². The maximum atomic E-state index is 11.9. The SMILES string of the molecule is O=C(CNC(=O)c1cccs1)Nc1ccc(NC(=O)C2CC2)cc1. The first-order valence-corrected chi connectivity index (χ1v) is 8.52. The van der Waals surface area contributed by atoms with E-state index >= 15 is 0 Å². The molecule has 1 saturated carbocycles. The Morgan fingerprint density at radius 3 is 2.25 bits per heavy atom. The Hall–Kier alpha value is -2.67. The van der Waals surface area contributed by atoms with Crippen LogP contribution in [0.3, 0.4) is 0 Å². The fraction of sp³-hybridized carbons (Fsp3) is 0.235. The summed E-state index contributed by atoms with van der Waals surface area (Å²) < 4.78 is 0. The summed E-state index contributed by atoms with van der Waals surface area (Å²) in [6, 6.07) is 10.4. The zero-order valence-electron chi connectivity index (χ0n) is 12.9. The van der Waals surface area contributed by atoms with Gasteiger partial charge < -0.3 is 16.0 Å². The van der Waals surface area contributed by atoms with Gasteiger partial charge in [-0.1, -0.05) is 6.07 Å². The summed E-state index contributed by atoms with van der Waals surface area (Å²) in [5.74, 6) is -0.382. The fourth-order valence-corrected chi connectivity index (χ4v) is 2.73. The molecule has 1 aromatic heterocycles. The Bertz CT molecular complexity index is 737. The molecule has 2 aromatic rings. The Kier molecular flexibility index (Phi) is 4.90. The minimum absolute atomic E-state index is 0.0445. The molecule has 0 aliphatic heterocycles. The van der Waals surface area contributed by atoms with Crippen molar-refractivity contribution >= 4 is 40.4 Å². The van der Waals surface area contributed by atoms with E-state index in [4.69, 9.17) is 0 Å². The summed E-state index contributed by atoms with van der Waals surface area (Å²) in [6.07, 6.45) is 1.91. The summed E-state index contributed by atoms with van der Waals surface area (Å²) in [6.45, 7) is -0.100. The lowest BCUT2D eigenvalue weighted by Crippen LogP contribution is -2.32. The van der Waals surface area contributed by atoms with Crippen molar-refractivity contribution in [2.24, 2.45) is 5.92 Å². The third-order valence-electron chi connectivity index (χ3n) is 3.54. The van der Waals surface area contributed by atoms with Crippen LogP contribution in [0.25, 0.3) is 0 Å². The first-order valence-electron chi connectivity index (χ1n) is 7.64. The molecule has 7 heteroatoms. The number of anilines is 2. The zero-order chi connectivity index (χ0) is 16.9. The summed E-state index contributed by atoms with van der Waals surface area (Å²) in [4.78, 5) is 35.8. The lowest BCUT2D eigenvalue weighted by molar-refractivity contribution is -0.117. The second-order valence-corrected chi connectivity index (χ2v) is 6.50. The topological polar surface area (TPSA) is 87.3 Å². The molecule has 24 heavy (non-hydrogen) atoms. The van der Waals surface area contributed by atoms with Crippen LogP contribution in [-0.2, 0) is 9.59 Å². The van der Waals surface area contributed by atoms with Crippen LogP contribution in [0.4, 0.5) is 11.4 Å². The van der Waals surface area contributed by atoms with Crippen molar-refractivity contribution in [3.63, 3.8) is 0 Å². The fourth-order valence-electron chi connectivity index (χ4n) is 2.09. The molecule has 0 unspecified atom stereocenters. The lowest BCUT2D eigenvalue weighted by Gasteiger charge is -2.08. The number of hydrogen-bond donors (Lipinski definition) is 3. The van der Waals surface area contributed by atoms with Crippen molar-refractivity contribution in [1.29, 1.82) is 0 Å². The molecule has 0 spiro atoms. The first kappa shape index (κ1) is 16.2. The quantitative estimate of drug-likeness (QED) is 0.753. The molecule has 1 aliphatic rings. The number of nitrogens with one attached hydrogen (secondary N) is 3. The van der Waals surface area contributed by atoms with Crippen LogP contribution in [0.15, 0.2) is 41.8 Å². The van der Waals surface area contributed by atoms with Gasteiger partial charge in [-0.2, -0.15) is 0 Å². The van der Waals surface area contributed by atoms with Gasteiger partial charge in [0.15, 0.2) is 0 Å². The zero-order valence-corrected chi connectivity index (χ0v) is 13.7. The Balaban J connectivity index is 1.45. The monoisotopic (exact) mass is 343 g/mol. The highest BCUT2D eigenvalue weighted by atomic mass is 32.1. The molecule has 1 heterocycles. The summed E-state index contributed by atoms with van der Waals surface area (Å²) in [5.41, 5.74) is 1.31. The average molecular weight is 343 g/mol. The van der Waals surface area contributed by atoms with Crippen LogP contribution in [-0.4, -0.2) is 24.3 Å². The van der Waals surface area contributed by atoms with Crippen LogP contribution >= 0.6 is 11.3 Å². The molecule has 3 N–H and O–H groups in total. The Morgan fingerprint density at radius 1 is 1.00 bits per heavy atom. The standard InChI is InChI=1S/C17H17N3O3S/c21-15(10-18-17(23)14-2-1-9-24-14)19-12-5-7-13(8-6-12)20-16(22)11-3-4-11/h1-2,5-9,11H,3-4,10H2,(H,18,23)(H,19,21)(H,20,22). The van der Waals surface area contributed by atoms with E-state index in [1.807, 2.05) is 0 Å². The predicted molar refractivity (Wildman–Crippen MR) is 93.1 cm³/mol. The molecular formula is C17H17N3O3S. The van der Waals surface area contributed by atoms with E-state index < -0.39 is 0 Å². The smallest absolute Gasteiger partial charge is 0.261 e. The molecular weight excluding hydrogens is 326 g/mol. The molecule has 0 saturated heterocycles. The van der Waals surface area contributed by atoms with E-state index in [9.17, 15) is 14.4 Å². The van der Waals surface area contributed by atoms with Gasteiger partial charge in [-0.05, 0) is 48.6 Å². The van der Waals surface area contributed by atoms with Gasteiger partial charge in [-0.15, -0.1) is 11.3 Å². The third kappa shape index (κ3) is 4.42. The highest BCUT2D eigenvalue weighted by Gasteiger charge is 2.29. The van der Waals surface area contributed by atoms with Crippen molar-refractivity contribution in [1.82, 2.24) is 5.32 Å². The molecule has 1 aromatic carbocycles. The normalized spacial score (nSPS) is 13.2. The van der Waals surface area contributed by atoms with E-state index in [1.165, 1.54) is 11.3 Å². The van der Waals surface area contributed by atoms with Crippen molar-refractivity contribution in [2.75, 3.05) is 17.2 Å². The van der Waals surface area contributed by atoms with Crippen LogP contribution in [0.2, 0.25) is 0 Å². The van der Waals surface area contributed by atoms with Gasteiger partial charge in [0, 0.05) is 17.3 Å². The van der Waals surface area contributed by atoms with Crippen LogP contribution in [0.1, 0.15) is 22.5 Å². The number of hydrogen-bond acceptors (Lipinski definition) is 4. The lowest BCUT2D eigenvalue weighted by atomic mass is 10.2. The largest absolute Gasteiger partial charge is 0.342 e. The molecule has 1 aliphatic carbocycles. The van der Waals surface area contributed by atoms with Crippen LogP contribution < -0.4 is 16.0 Å². The van der Waals surface area contributed by atoms with Crippen molar-refractivity contribution in [2.45, 2.75) is 12.8 Å². The van der Waals surface area contributed by atoms with Gasteiger partial charge in [0.1, 0.15) is 0 Å². The number of carbonyl (C=O) groups is 3. The highest BCUT2D eigenvalue weighted by Crippen LogP contribution is 2.30. The molecule has 3 amide bonds. The first-order chi connectivity index (χ1) is 11.6. The van der Waals surface area contributed by atoms with Gasteiger partial charge in [0.2, 0.25) is 11.8 Å². The molecule has 0 radical (unpaired) electrons. The van der Waals surface area contributed by atoms with Crippen LogP contribution in [0.5, 0.6) is 0 Å². The van der Waals surface area contributed by atoms with Crippen molar-refractivity contribution in [3.05, 3.63) is 46.7 Å². The van der Waals surface area contributed by atoms with Gasteiger partial charge in [-0.25, -0.2) is 0 Å². The van der Waals surface area contributed by atoms with Gasteiger partial charge in [0.05, 0.1) is 11.4 Å². The molecule has 1 fully saturated rings. The maximum Gasteiger partial charge on any atom is 0.261 e. The Labute approximate surface area is 143 Å². The van der Waals surface area contributed by atoms with Crippen LogP contribution in [0, 0.1) is 5.92 Å². The molecule has 0 atom stereocenters. The second kappa shape index (κ2) is 7.27. The van der Waals surface area contributed by atoms with Crippen molar-refractivity contribution in [3.8, 4) is 0 Å². The summed E-state index contributed by atoms with van der Waals surface area (Å²) in [7, 11) is 0. The predicted octanol–water partition coefficient (Wildman–Crippen LogP) is 2.47. The minimum Gasteiger partial charge on any atom is -0.342 e. The molecule has 124 valence electrons. The third-order valence-corrected chi connectivity index (χ3v) is 4.41. The summed E-state index contributed by atoms with van der Waals surface area (Å²) >= 11 is 1.32. The van der Waals surface area contributed by atoms with E-state index in [1.54, 1.807) is 41.8 Å². The van der Waals surface area contributed by atoms with E-state index in [0.717, 1.165) is 12.8 Å². The molecule has 0 bridgehead atoms. The average Bonchev–Trinajstić information content (AvgIpc) is 3.29. The number of rotatable bonds is 6. The minimum atomic E-state index is -0.310. The Morgan fingerprint density at radius 2 is 1.67 bits per heavy atom. The van der Waals surface area contributed by atoms with Gasteiger partial charge in [-0.3, -0.25) is 14.4 Å². The molecule has 3 rings (SSSR count). The number of thiophene rings is 1. The second-order valence-electron chi connectivity index (χ2n) is 5.55. The number of carbonyl (C=O) groups excluding carboxylic acids is 3. The van der Waals surface area contributed by atoms with Crippen molar-refractivity contribution < 1.29 is 14.4 Å². The number of benzene rings is 1. The van der Waals surface area contributed by atoms with Gasteiger partial charge >= 0.3 is 0 Å². The highest BCUT2D eigenvalue weighted by molar-refractivity contribution is 7.12. The van der Waals surface area contributed by atoms with E-state index in [-0.39, 0.29) is 30.2 Å². The summed E-state index contributed by atoms with van der Waals surface area (Å²) in [5, 5.41) is 9.90. The molecule has 6 nitrogen and oxygen atoms in total. The maximum absolute atomic E-state index is 11.9. The van der Waals surface area contributed by atoms with E-state index in [2.05, 4.69) is 16.0 Å². The number of amides is 3.